The van der Waals surface area contributed by atoms with Gasteiger partial charge >= 0.3 is 0 Å². The summed E-state index contributed by atoms with van der Waals surface area (Å²) in [5.41, 5.74) is 19.4. The summed E-state index contributed by atoms with van der Waals surface area (Å²) in [5.74, 6) is 2.66. The van der Waals surface area contributed by atoms with Crippen LogP contribution in [-0.4, -0.2) is 4.57 Å². The second kappa shape index (κ2) is 19.5. The Morgan fingerprint density at radius 1 is 0.723 bits per heavy atom. The van der Waals surface area contributed by atoms with E-state index in [1.165, 1.54) is 99.2 Å². The molecule has 0 saturated heterocycles. The van der Waals surface area contributed by atoms with Crippen LogP contribution < -0.4 is 10.6 Å². The normalized spacial score (nSPS) is 14.4. The van der Waals surface area contributed by atoms with E-state index in [4.69, 9.17) is 4.42 Å². The van der Waals surface area contributed by atoms with E-state index in [-0.39, 0.29) is 5.41 Å². The molecule has 2 nitrogen and oxygen atoms in total. The number of hydrogen-bond donors (Lipinski definition) is 0. The van der Waals surface area contributed by atoms with Crippen LogP contribution in [0.4, 0.5) is 0 Å². The molecule has 0 fully saturated rings. The number of hydrogen-bond acceptors (Lipinski definition) is 1. The van der Waals surface area contributed by atoms with Gasteiger partial charge in [0.05, 0.1) is 0 Å². The molecule has 5 aromatic carbocycles. The van der Waals surface area contributed by atoms with E-state index in [0.717, 1.165) is 30.7 Å². The summed E-state index contributed by atoms with van der Waals surface area (Å²) < 4.78 is 8.27. The van der Waals surface area contributed by atoms with Crippen molar-refractivity contribution in [1.82, 2.24) is 4.57 Å². The van der Waals surface area contributed by atoms with Gasteiger partial charge in [-0.25, -0.2) is 0 Å². The Balaban J connectivity index is 0.000000161. The Hall–Kier alpha value is -6.12. The van der Waals surface area contributed by atoms with Crippen molar-refractivity contribution in [2.24, 2.45) is 17.8 Å². The van der Waals surface area contributed by atoms with Crippen molar-refractivity contribution in [2.75, 3.05) is 0 Å². The molecule has 2 aliphatic rings. The zero-order valence-electron chi connectivity index (χ0n) is 41.3. The molecule has 7 aromatic rings. The molecule has 2 aromatic heterocycles. The number of furan rings is 1. The molecule has 2 heterocycles. The SMILES string of the molecule is C=Cc1c(-c2ccc(C)c(C)c2)cc2c(c1C=C)-c1ccc(C)cc1C2(C(C)C)C(C)C.CC1=CCCc2c1oc1ccccc21.CC=c1/c(=C\C=C/C)c2ccccc2n1CC(C)C. The first kappa shape index (κ1) is 46.9. The molecule has 0 saturated carbocycles. The lowest BCUT2D eigenvalue weighted by molar-refractivity contribution is 0.280. The average molecular weight is 858 g/mol. The predicted molar refractivity (Wildman–Crippen MR) is 286 cm³/mol. The lowest BCUT2D eigenvalue weighted by Gasteiger charge is -2.41. The number of nitrogens with zero attached hydrogens (tertiary/aromatic N) is 1. The molecule has 0 amide bonds. The van der Waals surface area contributed by atoms with Crippen LogP contribution in [0.1, 0.15) is 119 Å². The van der Waals surface area contributed by atoms with Crippen LogP contribution in [-0.2, 0) is 18.4 Å². The minimum atomic E-state index is -0.0390. The first-order valence-electron chi connectivity index (χ1n) is 23.9. The van der Waals surface area contributed by atoms with Gasteiger partial charge in [-0.3, -0.25) is 0 Å². The van der Waals surface area contributed by atoms with Crippen LogP contribution in [0.25, 0.3) is 74.0 Å². The molecule has 0 spiro atoms. The number of allylic oxidation sites excluding steroid dienone is 4. The molecule has 2 aliphatic carbocycles. The van der Waals surface area contributed by atoms with Crippen LogP contribution in [0, 0.1) is 38.5 Å². The van der Waals surface area contributed by atoms with Gasteiger partial charge in [-0.05, 0) is 152 Å². The highest BCUT2D eigenvalue weighted by Crippen LogP contribution is 2.59. The Morgan fingerprint density at radius 3 is 2.06 bits per heavy atom. The van der Waals surface area contributed by atoms with Crippen LogP contribution in [0.3, 0.4) is 0 Å². The summed E-state index contributed by atoms with van der Waals surface area (Å²) in [5, 5.41) is 5.29. The number of rotatable bonds is 8. The summed E-state index contributed by atoms with van der Waals surface area (Å²) in [6.07, 6.45) is 17.2. The van der Waals surface area contributed by atoms with E-state index in [1.54, 1.807) is 0 Å². The Labute approximate surface area is 390 Å². The largest absolute Gasteiger partial charge is 0.456 e. The summed E-state index contributed by atoms with van der Waals surface area (Å²) in [4.78, 5) is 0. The molecule has 9 rings (SSSR count). The number of para-hydroxylation sites is 2. The highest BCUT2D eigenvalue weighted by atomic mass is 16.3. The molecule has 0 radical (unpaired) electrons. The standard InChI is InChI=1S/C32H36.C18H23N.C13H12O/c1-10-25-26(11-2)31-27-15-12-21(7)16-29(27)32(19(3)4,20(5)6)30(31)18-28(25)24-14-13-22(8)23(9)17-24;1-5-7-10-15-16-11-8-9-12-18(16)19(13-14(3)4)17(15)6-2;1-9-5-4-7-11-10-6-2-3-8-12(10)14-13(9)11/h10-20H,1-2H2,3-9H3;5-12,14H,13H2,1-4H3;2-3,5-6,8H,4,7H2,1H3/b;7-5-,15-10-,17-6?;. The maximum absolute atomic E-state index is 5.83. The third-order valence-electron chi connectivity index (χ3n) is 14.0. The number of aryl methyl sites for hydroxylation is 4. The van der Waals surface area contributed by atoms with Gasteiger partial charge in [0.15, 0.2) is 0 Å². The third-order valence-corrected chi connectivity index (χ3v) is 14.0. The van der Waals surface area contributed by atoms with Crippen molar-refractivity contribution < 1.29 is 4.42 Å². The Kier molecular flexibility index (Phi) is 14.1. The number of fused-ring (bicyclic) bond motifs is 7. The smallest absolute Gasteiger partial charge is 0.135 e. The molecule has 0 bridgehead atoms. The van der Waals surface area contributed by atoms with Gasteiger partial charge in [-0.1, -0.05) is 176 Å². The minimum absolute atomic E-state index is 0.0390. The van der Waals surface area contributed by atoms with Crippen LogP contribution >= 0.6 is 0 Å². The van der Waals surface area contributed by atoms with Crippen LogP contribution in [0.15, 0.2) is 127 Å². The zero-order valence-corrected chi connectivity index (χ0v) is 41.3. The van der Waals surface area contributed by atoms with Crippen molar-refractivity contribution in [3.63, 3.8) is 0 Å². The van der Waals surface area contributed by atoms with Crippen molar-refractivity contribution in [2.45, 2.75) is 108 Å². The second-order valence-corrected chi connectivity index (χ2v) is 19.2. The quantitative estimate of drug-likeness (QED) is 0.149. The van der Waals surface area contributed by atoms with E-state index in [1.807, 2.05) is 24.3 Å². The van der Waals surface area contributed by atoms with Crippen molar-refractivity contribution in [1.29, 1.82) is 0 Å². The number of aromatic nitrogens is 1. The first-order chi connectivity index (χ1) is 31.2. The maximum atomic E-state index is 5.83. The molecule has 0 N–H and O–H groups in total. The summed E-state index contributed by atoms with van der Waals surface area (Å²) in [7, 11) is 0. The van der Waals surface area contributed by atoms with Crippen molar-refractivity contribution in [3.05, 3.63) is 183 Å². The van der Waals surface area contributed by atoms with E-state index < -0.39 is 0 Å². The average Bonchev–Trinajstić information content (AvgIpc) is 3.92. The third kappa shape index (κ3) is 8.49. The van der Waals surface area contributed by atoms with Gasteiger partial charge in [0.2, 0.25) is 0 Å². The van der Waals surface area contributed by atoms with Crippen LogP contribution in [0.2, 0.25) is 0 Å². The maximum Gasteiger partial charge on any atom is 0.135 e. The zero-order chi connectivity index (χ0) is 46.7. The fourth-order valence-electron chi connectivity index (χ4n) is 11.0. The molecule has 65 heavy (non-hydrogen) atoms. The summed E-state index contributed by atoms with van der Waals surface area (Å²) in [6, 6.07) is 33.2. The van der Waals surface area contributed by atoms with Gasteiger partial charge in [-0.15, -0.1) is 0 Å². The van der Waals surface area contributed by atoms with Crippen molar-refractivity contribution >= 4 is 51.7 Å². The number of benzene rings is 5. The molecule has 334 valence electrons. The van der Waals surface area contributed by atoms with Gasteiger partial charge < -0.3 is 8.98 Å². The Bertz CT molecular complexity index is 3090. The lowest BCUT2D eigenvalue weighted by Crippen LogP contribution is -2.37. The van der Waals surface area contributed by atoms with E-state index in [9.17, 15) is 0 Å². The first-order valence-corrected chi connectivity index (χ1v) is 23.9. The molecule has 0 unspecified atom stereocenters. The summed E-state index contributed by atoms with van der Waals surface area (Å²) >= 11 is 0. The van der Waals surface area contributed by atoms with Gasteiger partial charge in [0.1, 0.15) is 11.3 Å². The fraction of sp³-hybridized carbons (Fsp3) is 0.302. The molecular weight excluding hydrogens is 787 g/mol. The second-order valence-electron chi connectivity index (χ2n) is 19.2. The van der Waals surface area contributed by atoms with E-state index >= 15 is 0 Å². The Morgan fingerprint density at radius 2 is 1.42 bits per heavy atom. The monoisotopic (exact) mass is 858 g/mol. The highest BCUT2D eigenvalue weighted by Gasteiger charge is 2.49. The molecule has 0 aliphatic heterocycles. The fourth-order valence-corrected chi connectivity index (χ4v) is 11.0. The van der Waals surface area contributed by atoms with Gasteiger partial charge in [0, 0.05) is 44.4 Å². The van der Waals surface area contributed by atoms with Crippen LogP contribution in [0.5, 0.6) is 0 Å². The lowest BCUT2D eigenvalue weighted by atomic mass is 9.62. The van der Waals surface area contributed by atoms with Gasteiger partial charge in [-0.2, -0.15) is 0 Å². The minimum Gasteiger partial charge on any atom is -0.456 e. The van der Waals surface area contributed by atoms with Crippen molar-refractivity contribution in [3.8, 4) is 22.3 Å². The summed E-state index contributed by atoms with van der Waals surface area (Å²) in [6.45, 7) is 36.5. The van der Waals surface area contributed by atoms with Gasteiger partial charge in [0.25, 0.3) is 0 Å². The molecular formula is C63H71NO. The predicted octanol–water partition coefficient (Wildman–Crippen LogP) is 16.4. The molecule has 2 heteroatoms. The highest BCUT2D eigenvalue weighted by molar-refractivity contribution is 5.96. The topological polar surface area (TPSA) is 18.1 Å². The molecule has 0 atom stereocenters. The van der Waals surface area contributed by atoms with E-state index in [2.05, 4.69) is 210 Å². The van der Waals surface area contributed by atoms with E-state index in [0.29, 0.717) is 17.8 Å².